The van der Waals surface area contributed by atoms with Crippen LogP contribution in [0.3, 0.4) is 0 Å². The van der Waals surface area contributed by atoms with Gasteiger partial charge in [0.1, 0.15) is 5.82 Å². The molecule has 0 fully saturated rings. The molecule has 0 aliphatic carbocycles. The lowest BCUT2D eigenvalue weighted by Crippen LogP contribution is -2.19. The van der Waals surface area contributed by atoms with E-state index < -0.39 is 0 Å². The van der Waals surface area contributed by atoms with Crippen LogP contribution < -0.4 is 5.73 Å². The Morgan fingerprint density at radius 1 is 1.25 bits per heavy atom. The van der Waals surface area contributed by atoms with Crippen molar-refractivity contribution >= 4 is 10.9 Å². The molecular weight excluding hydrogens is 248 g/mol. The summed E-state index contributed by atoms with van der Waals surface area (Å²) in [5.74, 6) is 0.806. The smallest absolute Gasteiger partial charge is 0.130 e. The number of aryl methyl sites for hydroxylation is 1. The molecule has 4 heteroatoms. The van der Waals surface area contributed by atoms with Gasteiger partial charge in [0.15, 0.2) is 0 Å². The predicted molar refractivity (Wildman–Crippen MR) is 81.4 cm³/mol. The number of H-pyrrole nitrogens is 1. The lowest BCUT2D eigenvalue weighted by atomic mass is 10.1. The van der Waals surface area contributed by atoms with Gasteiger partial charge in [-0.1, -0.05) is 18.2 Å². The first-order valence-electron chi connectivity index (χ1n) is 6.80. The maximum Gasteiger partial charge on any atom is 0.130 e. The van der Waals surface area contributed by atoms with E-state index in [1.54, 1.807) is 0 Å². The molecule has 20 heavy (non-hydrogen) atoms. The average molecular weight is 266 g/mol. The number of benzene rings is 1. The number of aromatic amines is 1. The molecule has 0 amide bonds. The van der Waals surface area contributed by atoms with Crippen LogP contribution in [0, 0.1) is 6.92 Å². The van der Waals surface area contributed by atoms with Crippen LogP contribution in [0.4, 0.5) is 0 Å². The Morgan fingerprint density at radius 2 is 2.05 bits per heavy atom. The van der Waals surface area contributed by atoms with E-state index in [-0.39, 0.29) is 6.04 Å². The van der Waals surface area contributed by atoms with Crippen molar-refractivity contribution < 1.29 is 0 Å². The fraction of sp³-hybridized carbons (Fsp3) is 0.250. The van der Waals surface area contributed by atoms with Gasteiger partial charge in [-0.25, -0.2) is 9.97 Å². The molecule has 3 aromatic rings. The van der Waals surface area contributed by atoms with E-state index in [0.717, 1.165) is 28.3 Å². The van der Waals surface area contributed by atoms with Crippen molar-refractivity contribution in [3.63, 3.8) is 0 Å². The minimum absolute atomic E-state index is 0.0626. The Kier molecular flexibility index (Phi) is 3.24. The number of nitrogens with two attached hydrogens (primary N) is 1. The second-order valence-corrected chi connectivity index (χ2v) is 5.24. The molecule has 3 N–H and O–H groups in total. The molecule has 0 saturated heterocycles. The van der Waals surface area contributed by atoms with E-state index in [1.165, 1.54) is 5.39 Å². The van der Waals surface area contributed by atoms with E-state index in [2.05, 4.69) is 27.1 Å². The first-order chi connectivity index (χ1) is 9.63. The second-order valence-electron chi connectivity index (χ2n) is 5.24. The standard InChI is InChI=1S/C16H18N4/c1-10(17)7-16-19-11(2)8-15(20-16)13-9-18-14-6-4-3-5-12(13)14/h3-6,8-10,18H,7,17H2,1-2H3. The molecule has 0 aliphatic heterocycles. The molecule has 0 saturated carbocycles. The summed E-state index contributed by atoms with van der Waals surface area (Å²) in [5, 5.41) is 1.18. The molecule has 102 valence electrons. The van der Waals surface area contributed by atoms with Crippen LogP contribution in [0.5, 0.6) is 0 Å². The third kappa shape index (κ3) is 2.42. The third-order valence-electron chi connectivity index (χ3n) is 3.27. The van der Waals surface area contributed by atoms with E-state index in [0.29, 0.717) is 6.42 Å². The van der Waals surface area contributed by atoms with Crippen LogP contribution in [0.1, 0.15) is 18.4 Å². The molecular formula is C16H18N4. The molecule has 1 aromatic carbocycles. The van der Waals surface area contributed by atoms with Crippen LogP contribution in [0.2, 0.25) is 0 Å². The number of para-hydroxylation sites is 1. The van der Waals surface area contributed by atoms with E-state index in [4.69, 9.17) is 5.73 Å². The highest BCUT2D eigenvalue weighted by Crippen LogP contribution is 2.27. The summed E-state index contributed by atoms with van der Waals surface area (Å²) in [6.07, 6.45) is 2.69. The number of hydrogen-bond acceptors (Lipinski definition) is 3. The number of hydrogen-bond donors (Lipinski definition) is 2. The molecule has 0 spiro atoms. The van der Waals surface area contributed by atoms with Crippen molar-refractivity contribution in [1.29, 1.82) is 0 Å². The summed E-state index contributed by atoms with van der Waals surface area (Å²) in [6, 6.07) is 10.3. The lowest BCUT2D eigenvalue weighted by molar-refractivity contribution is 0.700. The zero-order chi connectivity index (χ0) is 14.1. The van der Waals surface area contributed by atoms with Crippen molar-refractivity contribution in [2.75, 3.05) is 0 Å². The molecule has 0 bridgehead atoms. The van der Waals surface area contributed by atoms with Crippen molar-refractivity contribution in [1.82, 2.24) is 15.0 Å². The molecule has 4 nitrogen and oxygen atoms in total. The van der Waals surface area contributed by atoms with Crippen molar-refractivity contribution in [2.24, 2.45) is 5.73 Å². The monoisotopic (exact) mass is 266 g/mol. The number of fused-ring (bicyclic) bond motifs is 1. The maximum absolute atomic E-state index is 5.85. The van der Waals surface area contributed by atoms with Crippen molar-refractivity contribution in [2.45, 2.75) is 26.3 Å². The summed E-state index contributed by atoms with van der Waals surface area (Å²) in [6.45, 7) is 3.96. The van der Waals surface area contributed by atoms with E-state index >= 15 is 0 Å². The SMILES string of the molecule is Cc1cc(-c2c[nH]c3ccccc23)nc(CC(C)N)n1. The quantitative estimate of drug-likeness (QED) is 0.766. The zero-order valence-electron chi connectivity index (χ0n) is 11.7. The number of nitrogens with one attached hydrogen (secondary N) is 1. The highest BCUT2D eigenvalue weighted by molar-refractivity contribution is 5.94. The van der Waals surface area contributed by atoms with Gasteiger partial charge in [0.25, 0.3) is 0 Å². The summed E-state index contributed by atoms with van der Waals surface area (Å²) in [4.78, 5) is 12.4. The largest absolute Gasteiger partial charge is 0.360 e. The normalized spacial score (nSPS) is 12.8. The highest BCUT2D eigenvalue weighted by Gasteiger charge is 2.10. The lowest BCUT2D eigenvalue weighted by Gasteiger charge is -2.07. The average Bonchev–Trinajstić information content (AvgIpc) is 2.80. The first-order valence-corrected chi connectivity index (χ1v) is 6.80. The van der Waals surface area contributed by atoms with Crippen LogP contribution >= 0.6 is 0 Å². The molecule has 1 unspecified atom stereocenters. The zero-order valence-corrected chi connectivity index (χ0v) is 11.7. The topological polar surface area (TPSA) is 67.6 Å². The van der Waals surface area contributed by atoms with Gasteiger partial charge >= 0.3 is 0 Å². The molecule has 0 radical (unpaired) electrons. The maximum atomic E-state index is 5.85. The molecule has 3 rings (SSSR count). The summed E-state index contributed by atoms with van der Waals surface area (Å²) in [5.41, 5.74) is 9.99. The molecule has 2 heterocycles. The Balaban J connectivity index is 2.11. The van der Waals surface area contributed by atoms with E-state index in [1.807, 2.05) is 38.2 Å². The van der Waals surface area contributed by atoms with Gasteiger partial charge in [-0.05, 0) is 26.0 Å². The minimum Gasteiger partial charge on any atom is -0.360 e. The van der Waals surface area contributed by atoms with Gasteiger partial charge in [0, 0.05) is 40.8 Å². The highest BCUT2D eigenvalue weighted by atomic mass is 14.9. The van der Waals surface area contributed by atoms with Crippen molar-refractivity contribution in [3.05, 3.63) is 48.0 Å². The number of aromatic nitrogens is 3. The van der Waals surface area contributed by atoms with Gasteiger partial charge in [-0.2, -0.15) is 0 Å². The predicted octanol–water partition coefficient (Wildman–Crippen LogP) is 2.82. The van der Waals surface area contributed by atoms with Gasteiger partial charge in [-0.3, -0.25) is 0 Å². The van der Waals surface area contributed by atoms with Gasteiger partial charge < -0.3 is 10.7 Å². The third-order valence-corrected chi connectivity index (χ3v) is 3.27. The fourth-order valence-corrected chi connectivity index (χ4v) is 2.43. The number of rotatable bonds is 3. The summed E-state index contributed by atoms with van der Waals surface area (Å²) < 4.78 is 0. The van der Waals surface area contributed by atoms with Crippen LogP contribution in [-0.2, 0) is 6.42 Å². The fourth-order valence-electron chi connectivity index (χ4n) is 2.43. The summed E-state index contributed by atoms with van der Waals surface area (Å²) in [7, 11) is 0. The van der Waals surface area contributed by atoms with Crippen molar-refractivity contribution in [3.8, 4) is 11.3 Å². The summed E-state index contributed by atoms with van der Waals surface area (Å²) >= 11 is 0. The van der Waals surface area contributed by atoms with Crippen LogP contribution in [0.25, 0.3) is 22.2 Å². The van der Waals surface area contributed by atoms with Gasteiger partial charge in [-0.15, -0.1) is 0 Å². The van der Waals surface area contributed by atoms with Gasteiger partial charge in [0.2, 0.25) is 0 Å². The Bertz CT molecular complexity index is 743. The first kappa shape index (κ1) is 12.8. The molecule has 1 atom stereocenters. The van der Waals surface area contributed by atoms with Gasteiger partial charge in [0.05, 0.1) is 5.69 Å². The number of nitrogens with zero attached hydrogens (tertiary/aromatic N) is 2. The van der Waals surface area contributed by atoms with Crippen LogP contribution in [-0.4, -0.2) is 21.0 Å². The van der Waals surface area contributed by atoms with Crippen LogP contribution in [0.15, 0.2) is 36.5 Å². The molecule has 0 aliphatic rings. The second kappa shape index (κ2) is 5.06. The Hall–Kier alpha value is -2.20. The minimum atomic E-state index is 0.0626. The van der Waals surface area contributed by atoms with E-state index in [9.17, 15) is 0 Å². The Morgan fingerprint density at radius 3 is 2.85 bits per heavy atom. The Labute approximate surface area is 118 Å². The molecule has 2 aromatic heterocycles.